The lowest BCUT2D eigenvalue weighted by Gasteiger charge is -2.23. The van der Waals surface area contributed by atoms with Crippen molar-refractivity contribution in [2.75, 3.05) is 19.6 Å². The molecule has 0 saturated heterocycles. The Kier molecular flexibility index (Phi) is 7.90. The molecule has 1 aromatic rings. The van der Waals surface area contributed by atoms with Crippen molar-refractivity contribution in [2.24, 2.45) is 0 Å². The Morgan fingerprint density at radius 3 is 2.17 bits per heavy atom. The van der Waals surface area contributed by atoms with Crippen LogP contribution >= 0.6 is 15.9 Å². The number of rotatable bonds is 7. The number of nitrogens with one attached hydrogen (secondary N) is 3. The van der Waals surface area contributed by atoms with E-state index in [1.807, 2.05) is 58.9 Å². The molecule has 0 aliphatic carbocycles. The van der Waals surface area contributed by atoms with Gasteiger partial charge in [-0.25, -0.2) is 0 Å². The molecule has 0 aromatic heterocycles. The zero-order chi connectivity index (χ0) is 18.3. The Hall–Kier alpha value is -1.40. The third-order valence-electron chi connectivity index (χ3n) is 3.58. The van der Waals surface area contributed by atoms with Crippen molar-refractivity contribution < 1.29 is 14.5 Å². The predicted octanol–water partition coefficient (Wildman–Crippen LogP) is 1.45. The van der Waals surface area contributed by atoms with Gasteiger partial charge in [0.05, 0.1) is 12.6 Å². The van der Waals surface area contributed by atoms with E-state index in [1.54, 1.807) is 0 Å². The lowest BCUT2D eigenvalue weighted by atomic mass is 10.1. The fraction of sp³-hybridized carbons (Fsp3) is 0.556. The van der Waals surface area contributed by atoms with Crippen molar-refractivity contribution in [3.8, 4) is 0 Å². The van der Waals surface area contributed by atoms with Crippen LogP contribution in [0.3, 0.4) is 0 Å². The fourth-order valence-electron chi connectivity index (χ4n) is 2.36. The smallest absolute Gasteiger partial charge is 0.275 e. The van der Waals surface area contributed by atoms with Crippen molar-refractivity contribution in [2.45, 2.75) is 46.2 Å². The van der Waals surface area contributed by atoms with Gasteiger partial charge in [0.25, 0.3) is 11.8 Å². The predicted molar refractivity (Wildman–Crippen MR) is 99.8 cm³/mol. The van der Waals surface area contributed by atoms with Crippen molar-refractivity contribution >= 4 is 27.7 Å². The number of hydrogen-bond acceptors (Lipinski definition) is 2. The highest BCUT2D eigenvalue weighted by molar-refractivity contribution is 9.10. The molecule has 3 N–H and O–H groups in total. The van der Waals surface area contributed by atoms with Crippen LogP contribution < -0.4 is 15.5 Å². The molecule has 2 atom stereocenters. The molecule has 2 amide bonds. The Morgan fingerprint density at radius 1 is 1.12 bits per heavy atom. The van der Waals surface area contributed by atoms with Crippen molar-refractivity contribution in [1.82, 2.24) is 10.6 Å². The molecule has 24 heavy (non-hydrogen) atoms. The quantitative estimate of drug-likeness (QED) is 0.650. The molecule has 5 nitrogen and oxygen atoms in total. The minimum absolute atomic E-state index is 0.0342. The topological polar surface area (TPSA) is 62.6 Å². The van der Waals surface area contributed by atoms with Crippen LogP contribution in [0.2, 0.25) is 0 Å². The van der Waals surface area contributed by atoms with Crippen LogP contribution in [0.4, 0.5) is 0 Å². The summed E-state index contributed by atoms with van der Waals surface area (Å²) in [6, 6.07) is 7.82. The van der Waals surface area contributed by atoms with Gasteiger partial charge in [-0.15, -0.1) is 0 Å². The summed E-state index contributed by atoms with van der Waals surface area (Å²) in [6.07, 6.45) is 0. The summed E-state index contributed by atoms with van der Waals surface area (Å²) in [4.78, 5) is 25.2. The van der Waals surface area contributed by atoms with Crippen LogP contribution in [-0.4, -0.2) is 37.0 Å². The summed E-state index contributed by atoms with van der Waals surface area (Å²) in [5.41, 5.74) is 0.795. The number of carbonyl (C=O) groups is 2. The number of hydrogen-bond donors (Lipinski definition) is 3. The van der Waals surface area contributed by atoms with Gasteiger partial charge >= 0.3 is 0 Å². The Morgan fingerprint density at radius 2 is 1.67 bits per heavy atom. The number of benzene rings is 1. The number of halogens is 1. The average Bonchev–Trinajstić information content (AvgIpc) is 2.44. The summed E-state index contributed by atoms with van der Waals surface area (Å²) in [7, 11) is 0. The van der Waals surface area contributed by atoms with Gasteiger partial charge in [-0.2, -0.15) is 0 Å². The minimum Gasteiger partial charge on any atom is -0.347 e. The van der Waals surface area contributed by atoms with E-state index in [0.29, 0.717) is 6.54 Å². The van der Waals surface area contributed by atoms with Gasteiger partial charge in [0.15, 0.2) is 13.1 Å². The van der Waals surface area contributed by atoms with Gasteiger partial charge in [0, 0.05) is 10.0 Å². The standard InChI is InChI=1S/C18H28BrN3O2/c1-6-22(12-17(24)21-18(3,4)5)11-16(23)20-13(2)14-7-9-15(19)10-8-14/h7-10,13H,6,11-12H2,1-5H3,(H,20,23)(H,21,24)/p+1/t13-/m1/s1. The van der Waals surface area contributed by atoms with E-state index in [9.17, 15) is 9.59 Å². The second kappa shape index (κ2) is 9.18. The molecule has 0 fully saturated rings. The van der Waals surface area contributed by atoms with Crippen molar-refractivity contribution in [3.05, 3.63) is 34.3 Å². The zero-order valence-electron chi connectivity index (χ0n) is 15.2. The summed E-state index contributed by atoms with van der Waals surface area (Å²) in [6.45, 7) is 11.1. The maximum absolute atomic E-state index is 12.3. The van der Waals surface area contributed by atoms with Crippen LogP contribution in [0, 0.1) is 0 Å². The summed E-state index contributed by atoms with van der Waals surface area (Å²) >= 11 is 3.40. The second-order valence-corrected chi connectivity index (χ2v) is 8.01. The summed E-state index contributed by atoms with van der Waals surface area (Å²) in [5, 5.41) is 5.93. The van der Waals surface area contributed by atoms with Gasteiger partial charge in [-0.1, -0.05) is 28.1 Å². The Labute approximate surface area is 153 Å². The molecule has 0 heterocycles. The molecular weight excluding hydrogens is 370 g/mol. The van der Waals surface area contributed by atoms with E-state index in [4.69, 9.17) is 0 Å². The monoisotopic (exact) mass is 398 g/mol. The van der Waals surface area contributed by atoms with Gasteiger partial charge < -0.3 is 15.5 Å². The van der Waals surface area contributed by atoms with Crippen molar-refractivity contribution in [3.63, 3.8) is 0 Å². The maximum Gasteiger partial charge on any atom is 0.275 e. The highest BCUT2D eigenvalue weighted by atomic mass is 79.9. The van der Waals surface area contributed by atoms with Gasteiger partial charge in [-0.05, 0) is 52.3 Å². The molecular formula is C18H29BrN3O2+. The van der Waals surface area contributed by atoms with E-state index < -0.39 is 0 Å². The third kappa shape index (κ3) is 7.93. The first-order valence-electron chi connectivity index (χ1n) is 8.30. The van der Waals surface area contributed by atoms with E-state index in [1.165, 1.54) is 0 Å². The first kappa shape index (κ1) is 20.6. The molecule has 1 rings (SSSR count). The van der Waals surface area contributed by atoms with Gasteiger partial charge in [0.1, 0.15) is 0 Å². The SMILES string of the molecule is CC[NH+](CC(=O)N[C@H](C)c1ccc(Br)cc1)CC(=O)NC(C)(C)C. The lowest BCUT2D eigenvalue weighted by molar-refractivity contribution is -0.881. The maximum atomic E-state index is 12.3. The van der Waals surface area contributed by atoms with Crippen LogP contribution in [0.5, 0.6) is 0 Å². The number of amides is 2. The normalized spacial score (nSPS) is 13.9. The number of carbonyl (C=O) groups excluding carboxylic acids is 2. The molecule has 0 saturated carbocycles. The Balaban J connectivity index is 2.51. The molecule has 0 aliphatic rings. The van der Waals surface area contributed by atoms with Gasteiger partial charge in [0.2, 0.25) is 0 Å². The van der Waals surface area contributed by atoms with E-state index in [0.717, 1.165) is 21.5 Å². The second-order valence-electron chi connectivity index (χ2n) is 7.10. The summed E-state index contributed by atoms with van der Waals surface area (Å²) in [5.74, 6) is -0.0843. The summed E-state index contributed by atoms with van der Waals surface area (Å²) < 4.78 is 1.01. The van der Waals surface area contributed by atoms with Crippen LogP contribution in [0.25, 0.3) is 0 Å². The van der Waals surface area contributed by atoms with E-state index in [-0.39, 0.29) is 29.9 Å². The van der Waals surface area contributed by atoms with Crippen molar-refractivity contribution in [1.29, 1.82) is 0 Å². The largest absolute Gasteiger partial charge is 0.347 e. The average molecular weight is 399 g/mol. The van der Waals surface area contributed by atoms with Crippen LogP contribution in [0.15, 0.2) is 28.7 Å². The van der Waals surface area contributed by atoms with Crippen LogP contribution in [-0.2, 0) is 9.59 Å². The highest BCUT2D eigenvalue weighted by Gasteiger charge is 2.21. The molecule has 0 spiro atoms. The molecule has 1 aromatic carbocycles. The number of likely N-dealkylation sites (N-methyl/N-ethyl adjacent to an activating group) is 1. The van der Waals surface area contributed by atoms with Gasteiger partial charge in [-0.3, -0.25) is 9.59 Å². The molecule has 0 radical (unpaired) electrons. The highest BCUT2D eigenvalue weighted by Crippen LogP contribution is 2.16. The lowest BCUT2D eigenvalue weighted by Crippen LogP contribution is -3.14. The molecule has 0 bridgehead atoms. The van der Waals surface area contributed by atoms with Crippen LogP contribution in [0.1, 0.15) is 46.2 Å². The Bertz CT molecular complexity index is 552. The molecule has 0 aliphatic heterocycles. The third-order valence-corrected chi connectivity index (χ3v) is 4.11. The zero-order valence-corrected chi connectivity index (χ0v) is 16.8. The van der Waals surface area contributed by atoms with E-state index >= 15 is 0 Å². The van der Waals surface area contributed by atoms with E-state index in [2.05, 4.69) is 26.6 Å². The fourth-order valence-corrected chi connectivity index (χ4v) is 2.62. The molecule has 6 heteroatoms. The first-order chi connectivity index (χ1) is 11.1. The molecule has 134 valence electrons. The first-order valence-corrected chi connectivity index (χ1v) is 9.09. The number of quaternary nitrogens is 1. The minimum atomic E-state index is -0.256. The molecule has 1 unspecified atom stereocenters.